The minimum Gasteiger partial charge on any atom is -0.484 e. The van der Waals surface area contributed by atoms with Gasteiger partial charge in [0, 0.05) is 13.1 Å². The van der Waals surface area contributed by atoms with Gasteiger partial charge in [-0.2, -0.15) is 0 Å². The van der Waals surface area contributed by atoms with Crippen molar-refractivity contribution in [2.75, 3.05) is 19.7 Å². The molecule has 0 aromatic heterocycles. The third kappa shape index (κ3) is 5.77. The molecule has 7 heteroatoms. The Hall–Kier alpha value is -2.57. The van der Waals surface area contributed by atoms with Crippen LogP contribution < -0.4 is 10.5 Å². The molecule has 2 N–H and O–H groups in total. The second-order valence-corrected chi connectivity index (χ2v) is 6.07. The molecule has 0 unspecified atom stereocenters. The number of hydrogen-bond donors (Lipinski definition) is 1. The molecule has 7 nitrogen and oxygen atoms in total. The molecule has 1 fully saturated rings. The first kappa shape index (κ1) is 18.8. The molecule has 1 aromatic carbocycles. The van der Waals surface area contributed by atoms with Gasteiger partial charge in [0.05, 0.1) is 5.56 Å². The van der Waals surface area contributed by atoms with Gasteiger partial charge in [-0.25, -0.2) is 4.79 Å². The zero-order valence-electron chi connectivity index (χ0n) is 14.4. The second-order valence-electron chi connectivity index (χ2n) is 6.07. The Morgan fingerprint density at radius 3 is 2.24 bits per heavy atom. The number of nitrogens with zero attached hydrogens (tertiary/aromatic N) is 1. The maximum Gasteiger partial charge on any atom is 0.338 e. The van der Waals surface area contributed by atoms with Crippen LogP contribution in [-0.2, 0) is 14.3 Å². The van der Waals surface area contributed by atoms with Gasteiger partial charge in [0.1, 0.15) is 5.75 Å². The molecule has 0 radical (unpaired) electrons. The third-order valence-electron chi connectivity index (χ3n) is 4.02. The Labute approximate surface area is 147 Å². The van der Waals surface area contributed by atoms with Crippen LogP contribution in [-0.4, -0.2) is 48.5 Å². The van der Waals surface area contributed by atoms with E-state index in [1.165, 1.54) is 12.1 Å². The maximum absolute atomic E-state index is 12.4. The number of benzene rings is 1. The standard InChI is InChI=1S/C18H24N2O5/c1-13(17(22)20-10-4-2-3-5-11-20)25-18(23)14-6-8-15(9-7-14)24-12-16(19)21/h6-9,13H,2-5,10-12H2,1H3,(H2,19,21)/t13-/m0/s1. The molecule has 25 heavy (non-hydrogen) atoms. The fraction of sp³-hybridized carbons (Fsp3) is 0.500. The van der Waals surface area contributed by atoms with Gasteiger partial charge in [-0.15, -0.1) is 0 Å². The van der Waals surface area contributed by atoms with Crippen LogP contribution in [0.5, 0.6) is 5.75 Å². The zero-order valence-corrected chi connectivity index (χ0v) is 14.4. The van der Waals surface area contributed by atoms with E-state index < -0.39 is 18.0 Å². The minimum absolute atomic E-state index is 0.156. The monoisotopic (exact) mass is 348 g/mol. The van der Waals surface area contributed by atoms with Crippen molar-refractivity contribution in [2.24, 2.45) is 5.73 Å². The summed E-state index contributed by atoms with van der Waals surface area (Å²) in [5, 5.41) is 0. The fourth-order valence-corrected chi connectivity index (χ4v) is 2.67. The largest absolute Gasteiger partial charge is 0.484 e. The first-order valence-electron chi connectivity index (χ1n) is 8.48. The number of rotatable bonds is 6. The number of ether oxygens (including phenoxy) is 2. The number of esters is 1. The predicted molar refractivity (Wildman–Crippen MR) is 91.1 cm³/mol. The van der Waals surface area contributed by atoms with E-state index in [2.05, 4.69) is 0 Å². The van der Waals surface area contributed by atoms with E-state index in [1.807, 2.05) is 0 Å². The lowest BCUT2D eigenvalue weighted by Crippen LogP contribution is -2.40. The molecule has 0 bridgehead atoms. The van der Waals surface area contributed by atoms with E-state index in [-0.39, 0.29) is 12.5 Å². The summed E-state index contributed by atoms with van der Waals surface area (Å²) in [7, 11) is 0. The first-order valence-corrected chi connectivity index (χ1v) is 8.48. The molecule has 1 aliphatic heterocycles. The lowest BCUT2D eigenvalue weighted by molar-refractivity contribution is -0.139. The Morgan fingerprint density at radius 2 is 1.68 bits per heavy atom. The summed E-state index contributed by atoms with van der Waals surface area (Å²) in [6.07, 6.45) is 3.40. The summed E-state index contributed by atoms with van der Waals surface area (Å²) in [6, 6.07) is 6.12. The molecule has 1 atom stereocenters. The van der Waals surface area contributed by atoms with Crippen molar-refractivity contribution in [1.82, 2.24) is 4.90 Å². The fourth-order valence-electron chi connectivity index (χ4n) is 2.67. The van der Waals surface area contributed by atoms with Crippen molar-refractivity contribution in [1.29, 1.82) is 0 Å². The first-order chi connectivity index (χ1) is 12.0. The molecule has 0 aliphatic carbocycles. The Morgan fingerprint density at radius 1 is 1.08 bits per heavy atom. The highest BCUT2D eigenvalue weighted by Crippen LogP contribution is 2.15. The van der Waals surface area contributed by atoms with Gasteiger partial charge in [-0.1, -0.05) is 12.8 Å². The second kappa shape index (κ2) is 9.05. The topological polar surface area (TPSA) is 98.9 Å². The van der Waals surface area contributed by atoms with E-state index in [0.717, 1.165) is 25.7 Å². The maximum atomic E-state index is 12.4. The normalized spacial score (nSPS) is 15.8. The number of amides is 2. The van der Waals surface area contributed by atoms with E-state index in [9.17, 15) is 14.4 Å². The van der Waals surface area contributed by atoms with Crippen molar-refractivity contribution in [3.8, 4) is 5.75 Å². The summed E-state index contributed by atoms with van der Waals surface area (Å²) in [5.41, 5.74) is 5.31. The van der Waals surface area contributed by atoms with Crippen LogP contribution in [0.2, 0.25) is 0 Å². The van der Waals surface area contributed by atoms with Crippen molar-refractivity contribution in [3.63, 3.8) is 0 Å². The number of nitrogens with two attached hydrogens (primary N) is 1. The molecule has 1 aromatic rings. The van der Waals surface area contributed by atoms with Gasteiger partial charge < -0.3 is 20.1 Å². The van der Waals surface area contributed by atoms with E-state index >= 15 is 0 Å². The Bertz CT molecular complexity index is 606. The summed E-state index contributed by atoms with van der Waals surface area (Å²) < 4.78 is 10.4. The average Bonchev–Trinajstić information content (AvgIpc) is 2.89. The molecule has 136 valence electrons. The number of hydrogen-bond acceptors (Lipinski definition) is 5. The summed E-state index contributed by atoms with van der Waals surface area (Å²) in [6.45, 7) is 2.79. The molecule has 2 amide bonds. The number of carbonyl (C=O) groups excluding carboxylic acids is 3. The van der Waals surface area contributed by atoms with Crippen LogP contribution in [0.1, 0.15) is 43.0 Å². The summed E-state index contributed by atoms with van der Waals surface area (Å²) in [4.78, 5) is 37.0. The highest BCUT2D eigenvalue weighted by Gasteiger charge is 2.24. The van der Waals surface area contributed by atoms with E-state index in [4.69, 9.17) is 15.2 Å². The van der Waals surface area contributed by atoms with Gasteiger partial charge in [0.15, 0.2) is 12.7 Å². The van der Waals surface area contributed by atoms with Crippen molar-refractivity contribution >= 4 is 17.8 Å². The highest BCUT2D eigenvalue weighted by molar-refractivity contribution is 5.92. The SMILES string of the molecule is C[C@H](OC(=O)c1ccc(OCC(N)=O)cc1)C(=O)N1CCCCCC1. The Balaban J connectivity index is 1.89. The molecule has 1 aliphatic rings. The number of primary amides is 1. The number of likely N-dealkylation sites (tertiary alicyclic amines) is 1. The predicted octanol–water partition coefficient (Wildman–Crippen LogP) is 1.50. The minimum atomic E-state index is -0.823. The van der Waals surface area contributed by atoms with Gasteiger partial charge in [0.2, 0.25) is 0 Å². The highest BCUT2D eigenvalue weighted by atomic mass is 16.5. The van der Waals surface area contributed by atoms with Crippen molar-refractivity contribution < 1.29 is 23.9 Å². The average molecular weight is 348 g/mol. The summed E-state index contributed by atoms with van der Waals surface area (Å²) in [5.74, 6) is -0.887. The Kier molecular flexibility index (Phi) is 6.80. The van der Waals surface area contributed by atoms with Crippen LogP contribution in [0.25, 0.3) is 0 Å². The zero-order chi connectivity index (χ0) is 18.2. The van der Waals surface area contributed by atoms with Gasteiger partial charge in [-0.3, -0.25) is 9.59 Å². The molecular weight excluding hydrogens is 324 g/mol. The van der Waals surface area contributed by atoms with Crippen LogP contribution in [0.3, 0.4) is 0 Å². The molecule has 2 rings (SSSR count). The van der Waals surface area contributed by atoms with E-state index in [1.54, 1.807) is 24.0 Å². The van der Waals surface area contributed by atoms with Gasteiger partial charge in [0.25, 0.3) is 11.8 Å². The van der Waals surface area contributed by atoms with E-state index in [0.29, 0.717) is 24.4 Å². The van der Waals surface area contributed by atoms with Crippen molar-refractivity contribution in [2.45, 2.75) is 38.7 Å². The summed E-state index contributed by atoms with van der Waals surface area (Å²) >= 11 is 0. The smallest absolute Gasteiger partial charge is 0.338 e. The third-order valence-corrected chi connectivity index (χ3v) is 4.02. The number of carbonyl (C=O) groups is 3. The van der Waals surface area contributed by atoms with Gasteiger partial charge in [-0.05, 0) is 44.0 Å². The lowest BCUT2D eigenvalue weighted by Gasteiger charge is -2.24. The van der Waals surface area contributed by atoms with Crippen LogP contribution in [0.4, 0.5) is 0 Å². The van der Waals surface area contributed by atoms with Gasteiger partial charge >= 0.3 is 5.97 Å². The molecular formula is C18H24N2O5. The van der Waals surface area contributed by atoms with Crippen LogP contribution in [0, 0.1) is 0 Å². The molecule has 1 heterocycles. The molecule has 1 saturated heterocycles. The van der Waals surface area contributed by atoms with Crippen LogP contribution in [0.15, 0.2) is 24.3 Å². The van der Waals surface area contributed by atoms with Crippen LogP contribution >= 0.6 is 0 Å². The molecule has 0 saturated carbocycles. The van der Waals surface area contributed by atoms with Crippen molar-refractivity contribution in [3.05, 3.63) is 29.8 Å². The quantitative estimate of drug-likeness (QED) is 0.786. The molecule has 0 spiro atoms. The lowest BCUT2D eigenvalue weighted by atomic mass is 10.2.